The molecule has 1 fully saturated rings. The topological polar surface area (TPSA) is 49.7 Å². The molecule has 3 rings (SSSR count). The summed E-state index contributed by atoms with van der Waals surface area (Å²) in [5.74, 6) is -0.904. The Morgan fingerprint density at radius 2 is 1.94 bits per heavy atom. The van der Waals surface area contributed by atoms with Crippen molar-refractivity contribution in [1.29, 1.82) is 0 Å². The lowest BCUT2D eigenvalue weighted by Crippen LogP contribution is -2.32. The number of rotatable bonds is 1. The third-order valence-electron chi connectivity index (χ3n) is 3.36. The van der Waals surface area contributed by atoms with Gasteiger partial charge in [0.15, 0.2) is 0 Å². The van der Waals surface area contributed by atoms with Crippen molar-refractivity contribution >= 4 is 34.3 Å². The fraction of sp³-hybridized carbons (Fsp3) is 0.308. The van der Waals surface area contributed by atoms with Crippen molar-refractivity contribution in [1.82, 2.24) is 0 Å². The van der Waals surface area contributed by atoms with E-state index in [2.05, 4.69) is 4.99 Å². The van der Waals surface area contributed by atoms with Crippen LogP contribution in [0.15, 0.2) is 35.3 Å². The van der Waals surface area contributed by atoms with Crippen LogP contribution in [0.25, 0.3) is 0 Å². The van der Waals surface area contributed by atoms with Crippen molar-refractivity contribution in [3.05, 3.63) is 30.3 Å². The van der Waals surface area contributed by atoms with Crippen molar-refractivity contribution in [2.45, 2.75) is 0 Å². The van der Waals surface area contributed by atoms with Crippen LogP contribution >= 0.6 is 11.8 Å². The van der Waals surface area contributed by atoms with E-state index < -0.39 is 0 Å². The standard InChI is InChI=1S/C13H12N2O2S/c1-18-11-10-9(7-14-11)12(16)15(13(10)17)8-5-3-2-4-6-8/h2-6,9-10H,7H2,1H3. The molecule has 0 aliphatic carbocycles. The molecule has 1 saturated heterocycles. The number of para-hydroxylation sites is 1. The van der Waals surface area contributed by atoms with Gasteiger partial charge in [0, 0.05) is 0 Å². The molecule has 2 amide bonds. The number of fused-ring (bicyclic) bond motifs is 1. The molecule has 5 heteroatoms. The van der Waals surface area contributed by atoms with Crippen LogP contribution in [0.3, 0.4) is 0 Å². The van der Waals surface area contributed by atoms with Gasteiger partial charge >= 0.3 is 0 Å². The zero-order valence-electron chi connectivity index (χ0n) is 9.87. The van der Waals surface area contributed by atoms with E-state index in [-0.39, 0.29) is 23.7 Å². The van der Waals surface area contributed by atoms with Gasteiger partial charge in [-0.2, -0.15) is 0 Å². The normalized spacial score (nSPS) is 26.5. The van der Waals surface area contributed by atoms with Crippen LogP contribution in [0.5, 0.6) is 0 Å². The van der Waals surface area contributed by atoms with Crippen molar-refractivity contribution in [3.63, 3.8) is 0 Å². The number of thioether (sulfide) groups is 1. The Balaban J connectivity index is 1.98. The molecule has 2 aliphatic rings. The highest BCUT2D eigenvalue weighted by molar-refractivity contribution is 8.13. The van der Waals surface area contributed by atoms with Crippen LogP contribution in [0.2, 0.25) is 0 Å². The minimum absolute atomic E-state index is 0.121. The lowest BCUT2D eigenvalue weighted by Gasteiger charge is -2.15. The second-order valence-corrected chi connectivity index (χ2v) is 5.14. The number of aliphatic imine (C=N–C) groups is 1. The summed E-state index contributed by atoms with van der Waals surface area (Å²) in [5, 5.41) is 0.789. The quantitative estimate of drug-likeness (QED) is 0.720. The van der Waals surface area contributed by atoms with Crippen LogP contribution in [0.1, 0.15) is 0 Å². The van der Waals surface area contributed by atoms with Crippen molar-refractivity contribution in [2.24, 2.45) is 16.8 Å². The third kappa shape index (κ3) is 1.50. The van der Waals surface area contributed by atoms with Gasteiger partial charge in [0.2, 0.25) is 11.8 Å². The molecule has 0 bridgehead atoms. The van der Waals surface area contributed by atoms with Gasteiger partial charge in [0.25, 0.3) is 0 Å². The molecule has 0 spiro atoms. The number of hydrogen-bond acceptors (Lipinski definition) is 4. The molecular weight excluding hydrogens is 248 g/mol. The molecule has 0 radical (unpaired) electrons. The Bertz CT molecular complexity index is 541. The second-order valence-electron chi connectivity index (χ2n) is 4.31. The Kier molecular flexibility index (Phi) is 2.70. The first-order valence-electron chi connectivity index (χ1n) is 5.75. The van der Waals surface area contributed by atoms with E-state index in [0.717, 1.165) is 5.04 Å². The average Bonchev–Trinajstić information content (AvgIpc) is 2.92. The SMILES string of the molecule is CSC1=NCC2C(=O)N(c3ccccc3)C(=O)C12. The predicted octanol–water partition coefficient (Wildman–Crippen LogP) is 1.57. The van der Waals surface area contributed by atoms with Crippen LogP contribution in [0.4, 0.5) is 5.69 Å². The third-order valence-corrected chi connectivity index (χ3v) is 4.16. The first-order valence-corrected chi connectivity index (χ1v) is 6.97. The van der Waals surface area contributed by atoms with Crippen LogP contribution in [0, 0.1) is 11.8 Å². The van der Waals surface area contributed by atoms with E-state index in [1.54, 1.807) is 12.1 Å². The molecule has 1 aromatic rings. The molecule has 2 unspecified atom stereocenters. The molecule has 0 aromatic heterocycles. The van der Waals surface area contributed by atoms with Gasteiger partial charge in [0.1, 0.15) is 5.92 Å². The van der Waals surface area contributed by atoms with E-state index >= 15 is 0 Å². The maximum atomic E-state index is 12.4. The molecule has 0 N–H and O–H groups in total. The summed E-state index contributed by atoms with van der Waals surface area (Å²) >= 11 is 1.46. The number of amides is 2. The fourth-order valence-electron chi connectivity index (χ4n) is 2.50. The van der Waals surface area contributed by atoms with Gasteiger partial charge in [-0.15, -0.1) is 11.8 Å². The number of benzene rings is 1. The van der Waals surface area contributed by atoms with E-state index in [1.165, 1.54) is 16.7 Å². The number of hydrogen-bond donors (Lipinski definition) is 0. The molecule has 92 valence electrons. The fourth-order valence-corrected chi connectivity index (χ4v) is 3.22. The zero-order valence-corrected chi connectivity index (χ0v) is 10.7. The minimum atomic E-state index is -0.354. The first-order chi connectivity index (χ1) is 8.74. The molecule has 2 aliphatic heterocycles. The van der Waals surface area contributed by atoms with Gasteiger partial charge in [0.05, 0.1) is 23.2 Å². The highest BCUT2D eigenvalue weighted by atomic mass is 32.2. The highest BCUT2D eigenvalue weighted by Crippen LogP contribution is 2.37. The average molecular weight is 260 g/mol. The second kappa shape index (κ2) is 4.24. The summed E-state index contributed by atoms with van der Waals surface area (Å²) < 4.78 is 0. The van der Waals surface area contributed by atoms with Crippen LogP contribution < -0.4 is 4.90 Å². The maximum Gasteiger partial charge on any atom is 0.244 e. The van der Waals surface area contributed by atoms with Gasteiger partial charge in [-0.25, -0.2) is 4.90 Å². The number of carbonyl (C=O) groups is 2. The van der Waals surface area contributed by atoms with Crippen molar-refractivity contribution < 1.29 is 9.59 Å². The molecule has 4 nitrogen and oxygen atoms in total. The van der Waals surface area contributed by atoms with Gasteiger partial charge in [-0.05, 0) is 18.4 Å². The van der Waals surface area contributed by atoms with Gasteiger partial charge in [-0.1, -0.05) is 18.2 Å². The Hall–Kier alpha value is -1.62. The summed E-state index contributed by atoms with van der Waals surface area (Å²) in [4.78, 5) is 30.2. The molecular formula is C13H12N2O2S. The number of nitrogens with zero attached hydrogens (tertiary/aromatic N) is 2. The summed E-state index contributed by atoms with van der Waals surface area (Å²) in [6.07, 6.45) is 1.89. The Labute approximate surface area is 109 Å². The lowest BCUT2D eigenvalue weighted by atomic mass is 9.99. The molecule has 2 heterocycles. The van der Waals surface area contributed by atoms with Crippen LogP contribution in [-0.4, -0.2) is 29.7 Å². The summed E-state index contributed by atoms with van der Waals surface area (Å²) in [6.45, 7) is 0.439. The molecule has 1 aromatic carbocycles. The van der Waals surface area contributed by atoms with Crippen molar-refractivity contribution in [3.8, 4) is 0 Å². The Morgan fingerprint density at radius 3 is 2.61 bits per heavy atom. The number of imide groups is 1. The van der Waals surface area contributed by atoms with E-state index in [1.807, 2.05) is 24.5 Å². The van der Waals surface area contributed by atoms with Crippen molar-refractivity contribution in [2.75, 3.05) is 17.7 Å². The minimum Gasteiger partial charge on any atom is -0.281 e. The lowest BCUT2D eigenvalue weighted by molar-refractivity contribution is -0.122. The molecule has 0 saturated carbocycles. The summed E-state index contributed by atoms with van der Waals surface area (Å²) in [5.41, 5.74) is 0.655. The van der Waals surface area contributed by atoms with E-state index in [9.17, 15) is 9.59 Å². The predicted molar refractivity (Wildman–Crippen MR) is 71.7 cm³/mol. The zero-order chi connectivity index (χ0) is 12.7. The molecule has 18 heavy (non-hydrogen) atoms. The Morgan fingerprint density at radius 1 is 1.22 bits per heavy atom. The largest absolute Gasteiger partial charge is 0.281 e. The first kappa shape index (κ1) is 11.5. The number of anilines is 1. The highest BCUT2D eigenvalue weighted by Gasteiger charge is 2.52. The smallest absolute Gasteiger partial charge is 0.244 e. The summed E-state index contributed by atoms with van der Waals surface area (Å²) in [6, 6.07) is 9.09. The van der Waals surface area contributed by atoms with Gasteiger partial charge in [-0.3, -0.25) is 14.6 Å². The molecule has 2 atom stereocenters. The monoisotopic (exact) mass is 260 g/mol. The summed E-state index contributed by atoms with van der Waals surface area (Å²) in [7, 11) is 0. The number of carbonyl (C=O) groups excluding carboxylic acids is 2. The van der Waals surface area contributed by atoms with Crippen LogP contribution in [-0.2, 0) is 9.59 Å². The van der Waals surface area contributed by atoms with Gasteiger partial charge < -0.3 is 0 Å². The maximum absolute atomic E-state index is 12.4. The van der Waals surface area contributed by atoms with E-state index in [4.69, 9.17) is 0 Å². The van der Waals surface area contributed by atoms with E-state index in [0.29, 0.717) is 12.2 Å².